The molecule has 0 bridgehead atoms. The highest BCUT2D eigenvalue weighted by Gasteiger charge is 2.14. The molecule has 0 aromatic heterocycles. The first-order valence-corrected chi connectivity index (χ1v) is 8.08. The molecule has 1 aliphatic heterocycles. The Morgan fingerprint density at radius 2 is 2.22 bits per heavy atom. The van der Waals surface area contributed by atoms with Crippen LogP contribution in [0, 0.1) is 12.7 Å². The van der Waals surface area contributed by atoms with Gasteiger partial charge in [0, 0.05) is 19.7 Å². The maximum absolute atomic E-state index is 13.5. The van der Waals surface area contributed by atoms with E-state index < -0.39 is 0 Å². The minimum atomic E-state index is -0.177. The second-order valence-electron chi connectivity index (χ2n) is 5.63. The molecule has 1 fully saturated rings. The van der Waals surface area contributed by atoms with Gasteiger partial charge in [-0.05, 0) is 50.3 Å². The van der Waals surface area contributed by atoms with E-state index in [0.717, 1.165) is 50.5 Å². The second kappa shape index (κ2) is 10.8. The van der Waals surface area contributed by atoms with Crippen molar-refractivity contribution < 1.29 is 9.13 Å². The van der Waals surface area contributed by atoms with Crippen molar-refractivity contribution in [2.75, 3.05) is 19.7 Å². The van der Waals surface area contributed by atoms with Gasteiger partial charge in [0.25, 0.3) is 0 Å². The van der Waals surface area contributed by atoms with Crippen molar-refractivity contribution in [3.05, 3.63) is 35.1 Å². The quantitative estimate of drug-likeness (QED) is 0.409. The number of guanidine groups is 1. The van der Waals surface area contributed by atoms with Crippen LogP contribution in [0.2, 0.25) is 0 Å². The molecule has 2 rings (SSSR count). The van der Waals surface area contributed by atoms with Gasteiger partial charge in [0.1, 0.15) is 5.82 Å². The molecule has 1 aromatic rings. The van der Waals surface area contributed by atoms with Crippen molar-refractivity contribution in [3.8, 4) is 0 Å². The summed E-state index contributed by atoms with van der Waals surface area (Å²) in [6.45, 7) is 6.78. The Balaban J connectivity index is 0.00000264. The fourth-order valence-corrected chi connectivity index (χ4v) is 2.47. The normalized spacial score (nSPS) is 17.7. The van der Waals surface area contributed by atoms with E-state index in [0.29, 0.717) is 18.2 Å². The lowest BCUT2D eigenvalue weighted by Crippen LogP contribution is -2.38. The number of aliphatic imine (C=N–C) groups is 1. The van der Waals surface area contributed by atoms with E-state index >= 15 is 0 Å². The number of hydrogen-bond acceptors (Lipinski definition) is 2. The lowest BCUT2D eigenvalue weighted by molar-refractivity contribution is 0.105. The highest BCUT2D eigenvalue weighted by atomic mass is 127. The lowest BCUT2D eigenvalue weighted by Gasteiger charge is -2.13. The van der Waals surface area contributed by atoms with E-state index in [4.69, 9.17) is 4.74 Å². The number of aryl methyl sites for hydroxylation is 1. The molecule has 23 heavy (non-hydrogen) atoms. The summed E-state index contributed by atoms with van der Waals surface area (Å²) in [5.74, 6) is 0.588. The third-order valence-corrected chi connectivity index (χ3v) is 3.78. The molecule has 4 nitrogen and oxygen atoms in total. The summed E-state index contributed by atoms with van der Waals surface area (Å²) < 4.78 is 19.1. The summed E-state index contributed by atoms with van der Waals surface area (Å²) in [7, 11) is 0. The molecule has 1 atom stereocenters. The van der Waals surface area contributed by atoms with Crippen molar-refractivity contribution in [1.82, 2.24) is 10.6 Å². The number of ether oxygens (including phenoxy) is 1. The molecular formula is C17H27FIN3O. The Hall–Kier alpha value is -0.890. The highest BCUT2D eigenvalue weighted by Crippen LogP contribution is 2.14. The molecule has 6 heteroatoms. The zero-order valence-electron chi connectivity index (χ0n) is 13.9. The van der Waals surface area contributed by atoms with Crippen LogP contribution in [0.5, 0.6) is 0 Å². The Bertz CT molecular complexity index is 505. The fraction of sp³-hybridized carbons (Fsp3) is 0.588. The predicted molar refractivity (Wildman–Crippen MR) is 103 cm³/mol. The molecule has 2 N–H and O–H groups in total. The predicted octanol–water partition coefficient (Wildman–Crippen LogP) is 3.38. The number of hydrogen-bond donors (Lipinski definition) is 2. The molecule has 0 saturated carbocycles. The maximum Gasteiger partial charge on any atom is 0.191 e. The molecule has 1 heterocycles. The average molecular weight is 435 g/mol. The van der Waals surface area contributed by atoms with Gasteiger partial charge < -0.3 is 15.4 Å². The third-order valence-electron chi connectivity index (χ3n) is 3.78. The zero-order chi connectivity index (χ0) is 15.8. The van der Waals surface area contributed by atoms with Gasteiger partial charge in [-0.1, -0.05) is 12.1 Å². The van der Waals surface area contributed by atoms with E-state index in [1.165, 1.54) is 0 Å². The topological polar surface area (TPSA) is 45.7 Å². The van der Waals surface area contributed by atoms with Crippen molar-refractivity contribution in [2.45, 2.75) is 45.8 Å². The van der Waals surface area contributed by atoms with E-state index in [9.17, 15) is 4.39 Å². The van der Waals surface area contributed by atoms with Crippen LogP contribution in [0.4, 0.5) is 4.39 Å². The molecule has 0 aliphatic carbocycles. The number of rotatable bonds is 6. The monoisotopic (exact) mass is 435 g/mol. The Morgan fingerprint density at radius 1 is 1.39 bits per heavy atom. The van der Waals surface area contributed by atoms with Crippen LogP contribution < -0.4 is 10.6 Å². The number of nitrogens with zero attached hydrogens (tertiary/aromatic N) is 1. The van der Waals surface area contributed by atoms with E-state index in [1.807, 2.05) is 13.0 Å². The van der Waals surface area contributed by atoms with Gasteiger partial charge in [-0.3, -0.25) is 0 Å². The zero-order valence-corrected chi connectivity index (χ0v) is 16.2. The standard InChI is InChI=1S/C17H26FN3O.HI/c1-3-19-17(20-9-8-15-5-4-10-22-15)21-12-14-7-6-13(2)16(18)11-14;/h6-7,11,15H,3-5,8-10,12H2,1-2H3,(H2,19,20,21);1H. The summed E-state index contributed by atoms with van der Waals surface area (Å²) >= 11 is 0. The Morgan fingerprint density at radius 3 is 2.87 bits per heavy atom. The average Bonchev–Trinajstić information content (AvgIpc) is 3.01. The number of halogens is 2. The first-order chi connectivity index (χ1) is 10.7. The van der Waals surface area contributed by atoms with Crippen LogP contribution >= 0.6 is 24.0 Å². The minimum Gasteiger partial charge on any atom is -0.378 e. The smallest absolute Gasteiger partial charge is 0.191 e. The van der Waals surface area contributed by atoms with E-state index in [-0.39, 0.29) is 29.8 Å². The first-order valence-electron chi connectivity index (χ1n) is 8.08. The van der Waals surface area contributed by atoms with Gasteiger partial charge in [0.05, 0.1) is 12.6 Å². The molecule has 1 aromatic carbocycles. The van der Waals surface area contributed by atoms with E-state index in [2.05, 4.69) is 15.6 Å². The first kappa shape index (κ1) is 20.2. The summed E-state index contributed by atoms with van der Waals surface area (Å²) in [5.41, 5.74) is 1.54. The van der Waals surface area contributed by atoms with Gasteiger partial charge in [-0.15, -0.1) is 24.0 Å². The summed E-state index contributed by atoms with van der Waals surface area (Å²) in [6.07, 6.45) is 3.68. The van der Waals surface area contributed by atoms with Gasteiger partial charge in [0.2, 0.25) is 0 Å². The van der Waals surface area contributed by atoms with E-state index in [1.54, 1.807) is 19.1 Å². The van der Waals surface area contributed by atoms with Crippen molar-refractivity contribution >= 4 is 29.9 Å². The largest absolute Gasteiger partial charge is 0.378 e. The summed E-state index contributed by atoms with van der Waals surface area (Å²) in [6, 6.07) is 5.25. The van der Waals surface area contributed by atoms with Gasteiger partial charge in [0.15, 0.2) is 5.96 Å². The highest BCUT2D eigenvalue weighted by molar-refractivity contribution is 14.0. The summed E-state index contributed by atoms with van der Waals surface area (Å²) in [5, 5.41) is 6.52. The van der Waals surface area contributed by atoms with Crippen LogP contribution in [-0.2, 0) is 11.3 Å². The Kier molecular flexibility index (Phi) is 9.47. The van der Waals surface area contributed by atoms with Crippen molar-refractivity contribution in [2.24, 2.45) is 4.99 Å². The van der Waals surface area contributed by atoms with Crippen molar-refractivity contribution in [3.63, 3.8) is 0 Å². The molecule has 0 radical (unpaired) electrons. The molecule has 1 unspecified atom stereocenters. The van der Waals surface area contributed by atoms with Crippen LogP contribution in [0.1, 0.15) is 37.3 Å². The lowest BCUT2D eigenvalue weighted by atomic mass is 10.1. The van der Waals surface area contributed by atoms with Crippen molar-refractivity contribution in [1.29, 1.82) is 0 Å². The molecule has 0 spiro atoms. The van der Waals surface area contributed by atoms with Crippen LogP contribution in [0.25, 0.3) is 0 Å². The molecule has 130 valence electrons. The van der Waals surface area contributed by atoms with Crippen LogP contribution in [-0.4, -0.2) is 31.8 Å². The molecular weight excluding hydrogens is 408 g/mol. The van der Waals surface area contributed by atoms with Crippen LogP contribution in [0.15, 0.2) is 23.2 Å². The SMILES string of the molecule is CCNC(=NCc1ccc(C)c(F)c1)NCCC1CCCO1.I. The third kappa shape index (κ3) is 7.03. The maximum atomic E-state index is 13.5. The molecule has 1 aliphatic rings. The molecule has 1 saturated heterocycles. The Labute approximate surface area is 155 Å². The second-order valence-corrected chi connectivity index (χ2v) is 5.63. The van der Waals surface area contributed by atoms with Gasteiger partial charge in [-0.25, -0.2) is 9.38 Å². The number of nitrogens with one attached hydrogen (secondary N) is 2. The van der Waals surface area contributed by atoms with Gasteiger partial charge in [-0.2, -0.15) is 0 Å². The summed E-state index contributed by atoms with van der Waals surface area (Å²) in [4.78, 5) is 4.51. The van der Waals surface area contributed by atoms with Crippen LogP contribution in [0.3, 0.4) is 0 Å². The minimum absolute atomic E-state index is 0. The van der Waals surface area contributed by atoms with Gasteiger partial charge >= 0.3 is 0 Å². The number of benzene rings is 1. The fourth-order valence-electron chi connectivity index (χ4n) is 2.47. The molecule has 0 amide bonds.